The van der Waals surface area contributed by atoms with E-state index in [9.17, 15) is 40.7 Å². The molecule has 0 aliphatic rings. The molecule has 0 aliphatic heterocycles. The summed E-state index contributed by atoms with van der Waals surface area (Å²) in [6, 6.07) is 20.5. The molecule has 0 aromatic heterocycles. The number of hydrogen-bond acceptors (Lipinski definition) is 4. The Bertz CT molecular complexity index is 1650. The van der Waals surface area contributed by atoms with Crippen LogP contribution in [0.2, 0.25) is 0 Å². The lowest BCUT2D eigenvalue weighted by Gasteiger charge is -2.20. The van der Waals surface area contributed by atoms with Gasteiger partial charge in [-0.2, -0.15) is 26.3 Å². The van der Waals surface area contributed by atoms with Gasteiger partial charge in [-0.3, -0.25) is 14.4 Å². The van der Waals surface area contributed by atoms with Crippen LogP contribution < -0.4 is 16.0 Å². The zero-order valence-electron chi connectivity index (χ0n) is 23.9. The molecule has 7 nitrogen and oxygen atoms in total. The molecule has 0 fully saturated rings. The second kappa shape index (κ2) is 14.2. The number of amides is 2. The first-order chi connectivity index (χ1) is 21.7. The first-order valence-electron chi connectivity index (χ1n) is 13.8. The Morgan fingerprint density at radius 1 is 0.652 bits per heavy atom. The minimum atomic E-state index is -4.54. The Hall–Kier alpha value is -5.33. The van der Waals surface area contributed by atoms with Crippen LogP contribution in [-0.2, 0) is 28.4 Å². The molecule has 0 unspecified atom stereocenters. The van der Waals surface area contributed by atoms with Crippen molar-refractivity contribution in [3.05, 3.63) is 119 Å². The highest BCUT2D eigenvalue weighted by atomic mass is 19.4. The summed E-state index contributed by atoms with van der Waals surface area (Å²) in [7, 11) is 0. The van der Waals surface area contributed by atoms with Gasteiger partial charge in [0, 0.05) is 29.9 Å². The fourth-order valence-electron chi connectivity index (χ4n) is 4.41. The van der Waals surface area contributed by atoms with Gasteiger partial charge in [-0.15, -0.1) is 0 Å². The lowest BCUT2D eigenvalue weighted by atomic mass is 9.99. The zero-order valence-corrected chi connectivity index (χ0v) is 23.9. The first kappa shape index (κ1) is 33.6. The third-order valence-corrected chi connectivity index (χ3v) is 6.85. The molecule has 46 heavy (non-hydrogen) atoms. The van der Waals surface area contributed by atoms with E-state index in [2.05, 4.69) is 16.0 Å². The van der Waals surface area contributed by atoms with Crippen molar-refractivity contribution in [3.63, 3.8) is 0 Å². The lowest BCUT2D eigenvalue weighted by Crippen LogP contribution is -2.36. The van der Waals surface area contributed by atoms with Gasteiger partial charge in [0.15, 0.2) is 0 Å². The van der Waals surface area contributed by atoms with Crippen LogP contribution in [0.5, 0.6) is 0 Å². The number of anilines is 2. The second-order valence-electron chi connectivity index (χ2n) is 10.2. The monoisotopic (exact) mass is 643 g/mol. The molecule has 1 atom stereocenters. The number of hydrogen-bond donors (Lipinski definition) is 4. The largest absolute Gasteiger partial charge is 0.481 e. The summed E-state index contributed by atoms with van der Waals surface area (Å²) in [4.78, 5) is 36.3. The topological polar surface area (TPSA) is 108 Å². The number of nitrogens with one attached hydrogen (secondary N) is 3. The van der Waals surface area contributed by atoms with E-state index in [4.69, 9.17) is 5.11 Å². The van der Waals surface area contributed by atoms with E-state index in [1.54, 1.807) is 24.3 Å². The van der Waals surface area contributed by atoms with Gasteiger partial charge in [0.2, 0.25) is 5.91 Å². The van der Waals surface area contributed by atoms with Crippen molar-refractivity contribution >= 4 is 29.2 Å². The first-order valence-corrected chi connectivity index (χ1v) is 13.8. The molecule has 4 aromatic rings. The van der Waals surface area contributed by atoms with Gasteiger partial charge >= 0.3 is 18.3 Å². The zero-order chi connectivity index (χ0) is 33.5. The number of alkyl halides is 6. The van der Waals surface area contributed by atoms with Crippen molar-refractivity contribution in [1.82, 2.24) is 5.32 Å². The van der Waals surface area contributed by atoms with E-state index in [0.29, 0.717) is 22.4 Å². The Morgan fingerprint density at radius 2 is 1.13 bits per heavy atom. The highest BCUT2D eigenvalue weighted by Gasteiger charge is 2.31. The molecule has 0 bridgehead atoms. The fraction of sp³-hybridized carbons (Fsp3) is 0.182. The minimum absolute atomic E-state index is 0.0575. The van der Waals surface area contributed by atoms with Crippen molar-refractivity contribution in [1.29, 1.82) is 0 Å². The van der Waals surface area contributed by atoms with Crippen LogP contribution in [0.3, 0.4) is 0 Å². The molecular weight excluding hydrogens is 616 g/mol. The molecular formula is C33H27F6N3O4. The summed E-state index contributed by atoms with van der Waals surface area (Å²) in [5, 5.41) is 16.9. The summed E-state index contributed by atoms with van der Waals surface area (Å²) in [6.45, 7) is -0.0575. The van der Waals surface area contributed by atoms with Gasteiger partial charge in [-0.1, -0.05) is 36.4 Å². The normalized spacial score (nSPS) is 12.2. The summed E-state index contributed by atoms with van der Waals surface area (Å²) >= 11 is 0. The fourth-order valence-corrected chi connectivity index (χ4v) is 4.41. The van der Waals surface area contributed by atoms with E-state index >= 15 is 0 Å². The number of carbonyl (C=O) groups excluding carboxylic acids is 2. The van der Waals surface area contributed by atoms with Crippen LogP contribution >= 0.6 is 0 Å². The van der Waals surface area contributed by atoms with Gasteiger partial charge in [-0.05, 0) is 77.4 Å². The molecule has 240 valence electrons. The van der Waals surface area contributed by atoms with E-state index in [0.717, 1.165) is 36.4 Å². The third-order valence-electron chi connectivity index (χ3n) is 6.85. The second-order valence-corrected chi connectivity index (χ2v) is 10.2. The van der Waals surface area contributed by atoms with Gasteiger partial charge in [0.05, 0.1) is 17.5 Å². The lowest BCUT2D eigenvalue weighted by molar-refractivity contribution is -0.138. The van der Waals surface area contributed by atoms with E-state index < -0.39 is 47.3 Å². The number of carbonyl (C=O) groups is 3. The Kier molecular flexibility index (Phi) is 10.3. The Labute approximate surface area is 259 Å². The molecule has 13 heteroatoms. The number of aliphatic carboxylic acids is 1. The predicted octanol–water partition coefficient (Wildman–Crippen LogP) is 7.26. The van der Waals surface area contributed by atoms with Crippen LogP contribution in [-0.4, -0.2) is 35.5 Å². The molecule has 4 rings (SSSR count). The van der Waals surface area contributed by atoms with Crippen molar-refractivity contribution in [2.75, 3.05) is 17.2 Å². The Morgan fingerprint density at radius 3 is 1.63 bits per heavy atom. The maximum atomic E-state index is 13.4. The van der Waals surface area contributed by atoms with Crippen LogP contribution in [0.4, 0.5) is 37.7 Å². The van der Waals surface area contributed by atoms with Gasteiger partial charge in [0.25, 0.3) is 5.91 Å². The predicted molar refractivity (Wildman–Crippen MR) is 159 cm³/mol. The average molecular weight is 644 g/mol. The summed E-state index contributed by atoms with van der Waals surface area (Å²) < 4.78 is 77.7. The minimum Gasteiger partial charge on any atom is -0.481 e. The molecule has 0 heterocycles. The van der Waals surface area contributed by atoms with Crippen molar-refractivity contribution in [2.24, 2.45) is 0 Å². The molecule has 0 spiro atoms. The molecule has 0 saturated heterocycles. The molecule has 0 saturated carbocycles. The van der Waals surface area contributed by atoms with Crippen LogP contribution in [0.15, 0.2) is 97.1 Å². The van der Waals surface area contributed by atoms with Crippen LogP contribution in [0.25, 0.3) is 11.1 Å². The number of benzene rings is 4. The van der Waals surface area contributed by atoms with Crippen LogP contribution in [0, 0.1) is 0 Å². The van der Waals surface area contributed by atoms with E-state index in [1.807, 2.05) is 0 Å². The standard InChI is InChI=1S/C33H27F6N3O4/c34-32(35,36)24-9-5-22(6-10-24)21-3-1-20(2-4-21)19-28(31(46)42-27-15-11-25(12-16-27)33(37,38)39)41-26-13-7-23(8-14-26)30(45)40-18-17-29(43)44/h1-16,28,41H,17-19H2,(H,40,45)(H,42,46)(H,43,44)/t28-/m1/s1. The number of halogens is 6. The van der Waals surface area contributed by atoms with Crippen LogP contribution in [0.1, 0.15) is 33.5 Å². The summed E-state index contributed by atoms with van der Waals surface area (Å²) in [6.07, 6.45) is -9.14. The van der Waals surface area contributed by atoms with E-state index in [-0.39, 0.29) is 30.6 Å². The van der Waals surface area contributed by atoms with Gasteiger partial charge < -0.3 is 21.1 Å². The smallest absolute Gasteiger partial charge is 0.416 e. The maximum Gasteiger partial charge on any atom is 0.416 e. The quantitative estimate of drug-likeness (QED) is 0.129. The number of rotatable bonds is 11. The van der Waals surface area contributed by atoms with Gasteiger partial charge in [-0.25, -0.2) is 0 Å². The maximum absolute atomic E-state index is 13.4. The highest BCUT2D eigenvalue weighted by Crippen LogP contribution is 2.32. The van der Waals surface area contributed by atoms with Crippen molar-refractivity contribution in [2.45, 2.75) is 31.2 Å². The number of carboxylic acids is 1. The SMILES string of the molecule is O=C(O)CCNC(=O)c1ccc(N[C@H](Cc2ccc(-c3ccc(C(F)(F)F)cc3)cc2)C(=O)Nc2ccc(C(F)(F)F)cc2)cc1. The molecule has 2 amide bonds. The molecule has 0 radical (unpaired) electrons. The molecule has 4 N–H and O–H groups in total. The number of carboxylic acid groups (broad SMARTS) is 1. The third kappa shape index (κ3) is 9.34. The highest BCUT2D eigenvalue weighted by molar-refractivity contribution is 5.97. The summed E-state index contributed by atoms with van der Waals surface area (Å²) in [5.74, 6) is -2.12. The molecule has 4 aromatic carbocycles. The summed E-state index contributed by atoms with van der Waals surface area (Å²) in [5.41, 5.74) is 1.06. The Balaban J connectivity index is 1.51. The van der Waals surface area contributed by atoms with Crippen molar-refractivity contribution < 1.29 is 45.8 Å². The van der Waals surface area contributed by atoms with Gasteiger partial charge in [0.1, 0.15) is 6.04 Å². The average Bonchev–Trinajstić information content (AvgIpc) is 3.00. The molecule has 0 aliphatic carbocycles. The van der Waals surface area contributed by atoms with Crippen molar-refractivity contribution in [3.8, 4) is 11.1 Å². The van der Waals surface area contributed by atoms with E-state index in [1.165, 1.54) is 36.4 Å².